The summed E-state index contributed by atoms with van der Waals surface area (Å²) in [5.74, 6) is 0.0346. The molecule has 0 radical (unpaired) electrons. The minimum absolute atomic E-state index is 0.101. The van der Waals surface area contributed by atoms with Crippen LogP contribution in [0.5, 0.6) is 11.5 Å². The van der Waals surface area contributed by atoms with Crippen molar-refractivity contribution in [2.45, 2.75) is 45.3 Å². The number of hydrogen-bond donors (Lipinski definition) is 2. The van der Waals surface area contributed by atoms with Gasteiger partial charge in [0.1, 0.15) is 17.6 Å². The summed E-state index contributed by atoms with van der Waals surface area (Å²) in [6.07, 6.45) is 5.50. The van der Waals surface area contributed by atoms with E-state index >= 15 is 0 Å². The van der Waals surface area contributed by atoms with Gasteiger partial charge in [-0.3, -0.25) is 10.1 Å². The maximum Gasteiger partial charge on any atom is 0.331 e. The molecule has 1 aromatic rings. The van der Waals surface area contributed by atoms with Gasteiger partial charge in [0.2, 0.25) is 0 Å². The maximum atomic E-state index is 11.9. The molecule has 1 aliphatic heterocycles. The number of carbonyl (C=O) groups is 3. The van der Waals surface area contributed by atoms with Crippen LogP contribution in [0.4, 0.5) is 4.79 Å². The first kappa shape index (κ1) is 19.7. The lowest BCUT2D eigenvalue weighted by atomic mass is 10.1. The molecule has 0 unspecified atom stereocenters. The summed E-state index contributed by atoms with van der Waals surface area (Å²) in [7, 11) is 0. The third kappa shape index (κ3) is 5.48. The highest BCUT2D eigenvalue weighted by molar-refractivity contribution is 5.96. The van der Waals surface area contributed by atoms with Crippen molar-refractivity contribution >= 4 is 24.0 Å². The average molecular weight is 388 g/mol. The van der Waals surface area contributed by atoms with Crippen LogP contribution in [-0.4, -0.2) is 43.3 Å². The minimum Gasteiger partial charge on any atom is -0.493 e. The Morgan fingerprint density at radius 2 is 2.07 bits per heavy atom. The first-order chi connectivity index (χ1) is 13.4. The summed E-state index contributed by atoms with van der Waals surface area (Å²) in [5.41, 5.74) is 1.75. The molecule has 1 fully saturated rings. The Morgan fingerprint density at radius 1 is 1.29 bits per heavy atom. The molecule has 0 spiro atoms. The fraction of sp³-hybridized carbons (Fsp3) is 0.450. The third-order valence-electron chi connectivity index (χ3n) is 4.24. The van der Waals surface area contributed by atoms with E-state index in [9.17, 15) is 14.4 Å². The monoisotopic (exact) mass is 388 g/mol. The first-order valence-electron chi connectivity index (χ1n) is 9.36. The molecule has 8 nitrogen and oxygen atoms in total. The summed E-state index contributed by atoms with van der Waals surface area (Å²) in [5, 5.41) is 4.72. The van der Waals surface area contributed by atoms with Crippen molar-refractivity contribution in [3.05, 3.63) is 29.3 Å². The van der Waals surface area contributed by atoms with E-state index in [0.29, 0.717) is 17.9 Å². The maximum absolute atomic E-state index is 11.9. The van der Waals surface area contributed by atoms with Crippen molar-refractivity contribution in [3.63, 3.8) is 0 Å². The van der Waals surface area contributed by atoms with Crippen LogP contribution < -0.4 is 20.1 Å². The molecule has 8 heteroatoms. The van der Waals surface area contributed by atoms with Crippen LogP contribution in [0.2, 0.25) is 0 Å². The Balaban J connectivity index is 1.53. The van der Waals surface area contributed by atoms with E-state index in [1.807, 2.05) is 26.0 Å². The largest absolute Gasteiger partial charge is 0.493 e. The summed E-state index contributed by atoms with van der Waals surface area (Å²) in [6.45, 7) is 3.82. The highest BCUT2D eigenvalue weighted by Gasteiger charge is 2.24. The summed E-state index contributed by atoms with van der Waals surface area (Å²) < 4.78 is 16.2. The van der Waals surface area contributed by atoms with Gasteiger partial charge in [-0.1, -0.05) is 0 Å². The molecule has 0 aromatic heterocycles. The van der Waals surface area contributed by atoms with Crippen molar-refractivity contribution in [2.75, 3.05) is 13.2 Å². The first-order valence-corrected chi connectivity index (χ1v) is 9.36. The van der Waals surface area contributed by atoms with Crippen LogP contribution in [-0.2, 0) is 20.7 Å². The lowest BCUT2D eigenvalue weighted by Crippen LogP contribution is -2.42. The molecule has 2 N–H and O–H groups in total. The van der Waals surface area contributed by atoms with Gasteiger partial charge in [0.05, 0.1) is 6.61 Å². The van der Waals surface area contributed by atoms with Gasteiger partial charge in [0.25, 0.3) is 5.91 Å². The number of esters is 1. The summed E-state index contributed by atoms with van der Waals surface area (Å²) >= 11 is 0. The van der Waals surface area contributed by atoms with Crippen LogP contribution in [0, 0.1) is 0 Å². The molecule has 1 saturated carbocycles. The fourth-order valence-corrected chi connectivity index (χ4v) is 2.82. The van der Waals surface area contributed by atoms with E-state index in [0.717, 1.165) is 30.6 Å². The topological polar surface area (TPSA) is 103 Å². The van der Waals surface area contributed by atoms with Gasteiger partial charge in [-0.25, -0.2) is 9.59 Å². The normalized spacial score (nSPS) is 17.6. The molecule has 1 atom stereocenters. The second-order valence-electron chi connectivity index (χ2n) is 6.80. The van der Waals surface area contributed by atoms with E-state index < -0.39 is 24.5 Å². The second-order valence-corrected chi connectivity index (χ2v) is 6.80. The Hall–Kier alpha value is -3.03. The third-order valence-corrected chi connectivity index (χ3v) is 4.24. The Kier molecular flexibility index (Phi) is 6.18. The number of urea groups is 1. The summed E-state index contributed by atoms with van der Waals surface area (Å²) in [6, 6.07) is 3.30. The number of fused-ring (bicyclic) bond motifs is 1. The Bertz CT molecular complexity index is 800. The molecule has 0 saturated heterocycles. The molecule has 2 aliphatic rings. The van der Waals surface area contributed by atoms with Gasteiger partial charge < -0.3 is 19.5 Å². The van der Waals surface area contributed by atoms with Crippen molar-refractivity contribution in [3.8, 4) is 11.5 Å². The van der Waals surface area contributed by atoms with E-state index in [1.165, 1.54) is 6.08 Å². The predicted molar refractivity (Wildman–Crippen MR) is 101 cm³/mol. The molecule has 1 aromatic carbocycles. The Labute approximate surface area is 163 Å². The van der Waals surface area contributed by atoms with Crippen molar-refractivity contribution in [1.29, 1.82) is 0 Å². The van der Waals surface area contributed by atoms with Gasteiger partial charge in [-0.05, 0) is 44.9 Å². The number of rotatable bonds is 7. The van der Waals surface area contributed by atoms with E-state index in [1.54, 1.807) is 6.08 Å². The van der Waals surface area contributed by atoms with Crippen LogP contribution >= 0.6 is 0 Å². The fourth-order valence-electron chi connectivity index (χ4n) is 2.82. The van der Waals surface area contributed by atoms with Crippen LogP contribution in [0.15, 0.2) is 18.2 Å². The number of ether oxygens (including phenoxy) is 3. The van der Waals surface area contributed by atoms with Crippen LogP contribution in [0.25, 0.3) is 6.08 Å². The van der Waals surface area contributed by atoms with Gasteiger partial charge >= 0.3 is 12.0 Å². The van der Waals surface area contributed by atoms with Gasteiger partial charge in [-0.2, -0.15) is 0 Å². The Morgan fingerprint density at radius 3 is 2.79 bits per heavy atom. The van der Waals surface area contributed by atoms with Gasteiger partial charge in [-0.15, -0.1) is 0 Å². The molecule has 3 amide bonds. The number of benzene rings is 1. The SMILES string of the molecule is CCOc1cc2c(cc1/C=C/C(=O)OCC(=O)NC(=O)NC1CC1)O[C@@H](C)C2. The minimum atomic E-state index is -0.699. The highest BCUT2D eigenvalue weighted by Crippen LogP contribution is 2.35. The average Bonchev–Trinajstić information content (AvgIpc) is 3.37. The zero-order chi connectivity index (χ0) is 20.1. The molecule has 150 valence electrons. The summed E-state index contributed by atoms with van der Waals surface area (Å²) in [4.78, 5) is 35.0. The number of imide groups is 1. The number of carbonyl (C=O) groups excluding carboxylic acids is 3. The molecule has 1 aliphatic carbocycles. The van der Waals surface area contributed by atoms with Crippen LogP contribution in [0.3, 0.4) is 0 Å². The standard InChI is InChI=1S/C20H24N2O6/c1-3-26-16-10-14-8-12(2)28-17(14)9-13(16)4-7-19(24)27-11-18(23)22-20(25)21-15-5-6-15/h4,7,9-10,12,15H,3,5-6,8,11H2,1-2H3,(H2,21,22,23,25)/b7-4+/t12-/m0/s1. The van der Waals surface area contributed by atoms with E-state index in [-0.39, 0.29) is 12.1 Å². The van der Waals surface area contributed by atoms with Crippen molar-refractivity contribution < 1.29 is 28.6 Å². The highest BCUT2D eigenvalue weighted by atomic mass is 16.5. The molecule has 3 rings (SSSR count). The van der Waals surface area contributed by atoms with E-state index in [2.05, 4.69) is 10.6 Å². The van der Waals surface area contributed by atoms with Crippen LogP contribution in [0.1, 0.15) is 37.8 Å². The van der Waals surface area contributed by atoms with Gasteiger partial charge in [0.15, 0.2) is 6.61 Å². The zero-order valence-corrected chi connectivity index (χ0v) is 15.9. The molecular formula is C20H24N2O6. The van der Waals surface area contributed by atoms with Crippen molar-refractivity contribution in [2.24, 2.45) is 0 Å². The molecule has 28 heavy (non-hydrogen) atoms. The number of hydrogen-bond acceptors (Lipinski definition) is 6. The number of nitrogens with one attached hydrogen (secondary N) is 2. The zero-order valence-electron chi connectivity index (χ0n) is 15.9. The smallest absolute Gasteiger partial charge is 0.331 e. The lowest BCUT2D eigenvalue weighted by Gasteiger charge is -2.10. The molecule has 0 bridgehead atoms. The second kappa shape index (κ2) is 8.77. The molecule has 1 heterocycles. The molecular weight excluding hydrogens is 364 g/mol. The van der Waals surface area contributed by atoms with Gasteiger partial charge in [0, 0.05) is 29.7 Å². The number of amides is 3. The lowest BCUT2D eigenvalue weighted by molar-refractivity contribution is -0.143. The predicted octanol–water partition coefficient (Wildman–Crippen LogP) is 1.95. The van der Waals surface area contributed by atoms with Crippen molar-refractivity contribution in [1.82, 2.24) is 10.6 Å². The van der Waals surface area contributed by atoms with E-state index in [4.69, 9.17) is 14.2 Å². The quantitative estimate of drug-likeness (QED) is 0.547.